The van der Waals surface area contributed by atoms with Gasteiger partial charge in [-0.2, -0.15) is 13.2 Å². The van der Waals surface area contributed by atoms with Crippen LogP contribution in [0.3, 0.4) is 0 Å². The number of piperazine rings is 1. The lowest BCUT2D eigenvalue weighted by molar-refractivity contribution is -0.137. The average Bonchev–Trinajstić information content (AvgIpc) is 3.36. The second kappa shape index (κ2) is 9.37. The predicted octanol–water partition coefficient (Wildman–Crippen LogP) is 4.62. The van der Waals surface area contributed by atoms with Gasteiger partial charge in [-0.15, -0.1) is 0 Å². The molecule has 1 fully saturated rings. The monoisotopic (exact) mass is 487 g/mol. The van der Waals surface area contributed by atoms with Crippen molar-refractivity contribution in [1.82, 2.24) is 10.2 Å². The summed E-state index contributed by atoms with van der Waals surface area (Å²) in [6.45, 7) is 2.63. The lowest BCUT2D eigenvalue weighted by Gasteiger charge is -2.49. The number of fused-ring (bicyclic) bond motifs is 3. The van der Waals surface area contributed by atoms with Crippen molar-refractivity contribution in [3.05, 3.63) is 89.1 Å². The SMILES string of the molecule is O=C(NCc1ccco1)[C@H]1Cc2cc(C(F)(F)F)ccc2N2CCN(Cc3ccc(F)cc3)C[C@@H]12. The van der Waals surface area contributed by atoms with Gasteiger partial charge in [0.05, 0.1) is 30.3 Å². The van der Waals surface area contributed by atoms with Crippen LogP contribution in [0.25, 0.3) is 0 Å². The molecule has 3 aromatic rings. The third kappa shape index (κ3) is 5.05. The van der Waals surface area contributed by atoms with Crippen molar-refractivity contribution in [2.75, 3.05) is 24.5 Å². The fourth-order valence-corrected chi connectivity index (χ4v) is 5.07. The summed E-state index contributed by atoms with van der Waals surface area (Å²) in [4.78, 5) is 17.6. The smallest absolute Gasteiger partial charge is 0.416 e. The summed E-state index contributed by atoms with van der Waals surface area (Å²) in [7, 11) is 0. The zero-order valence-corrected chi connectivity index (χ0v) is 18.9. The molecule has 2 aliphatic rings. The molecule has 5 nitrogen and oxygen atoms in total. The molecule has 184 valence electrons. The molecule has 2 atom stereocenters. The summed E-state index contributed by atoms with van der Waals surface area (Å²) in [6.07, 6.45) is -2.71. The van der Waals surface area contributed by atoms with E-state index in [9.17, 15) is 22.4 Å². The van der Waals surface area contributed by atoms with Gasteiger partial charge in [-0.1, -0.05) is 12.1 Å². The first kappa shape index (κ1) is 23.4. The van der Waals surface area contributed by atoms with Crippen LogP contribution in [0, 0.1) is 11.7 Å². The first-order valence-corrected chi connectivity index (χ1v) is 11.5. The second-order valence-electron chi connectivity index (χ2n) is 9.07. The zero-order chi connectivity index (χ0) is 24.6. The van der Waals surface area contributed by atoms with E-state index in [-0.39, 0.29) is 30.7 Å². The number of carbonyl (C=O) groups excluding carboxylic acids is 1. The maximum atomic E-state index is 13.4. The third-order valence-electron chi connectivity index (χ3n) is 6.80. The fourth-order valence-electron chi connectivity index (χ4n) is 5.07. The van der Waals surface area contributed by atoms with Gasteiger partial charge in [-0.3, -0.25) is 9.69 Å². The van der Waals surface area contributed by atoms with Crippen molar-refractivity contribution >= 4 is 11.6 Å². The fraction of sp³-hybridized carbons (Fsp3) is 0.346. The number of amides is 1. The van der Waals surface area contributed by atoms with Gasteiger partial charge in [0.1, 0.15) is 11.6 Å². The first-order valence-electron chi connectivity index (χ1n) is 11.5. The normalized spacial score (nSPS) is 20.3. The van der Waals surface area contributed by atoms with Crippen molar-refractivity contribution in [2.24, 2.45) is 5.92 Å². The quantitative estimate of drug-likeness (QED) is 0.534. The van der Waals surface area contributed by atoms with Gasteiger partial charge in [-0.25, -0.2) is 4.39 Å². The number of furan rings is 1. The van der Waals surface area contributed by atoms with E-state index in [4.69, 9.17) is 4.42 Å². The molecule has 1 N–H and O–H groups in total. The van der Waals surface area contributed by atoms with Crippen molar-refractivity contribution in [2.45, 2.75) is 31.7 Å². The van der Waals surface area contributed by atoms with E-state index in [0.717, 1.165) is 17.3 Å². The standard InChI is InChI=1S/C26H25F4N3O2/c27-20-6-3-17(4-7-20)15-32-9-10-33-23-8-5-19(26(28,29)30)12-18(23)13-22(24(33)16-32)25(34)31-14-21-2-1-11-35-21/h1-8,11-12,22,24H,9-10,13-16H2,(H,31,34)/t22-,24-/m0/s1. The Hall–Kier alpha value is -3.33. The van der Waals surface area contributed by atoms with Crippen LogP contribution in [0.4, 0.5) is 23.2 Å². The van der Waals surface area contributed by atoms with Crippen LogP contribution in [0.2, 0.25) is 0 Å². The van der Waals surface area contributed by atoms with Gasteiger partial charge in [0, 0.05) is 31.9 Å². The largest absolute Gasteiger partial charge is 0.467 e. The highest BCUT2D eigenvalue weighted by atomic mass is 19.4. The van der Waals surface area contributed by atoms with E-state index < -0.39 is 17.7 Å². The van der Waals surface area contributed by atoms with Gasteiger partial charge in [-0.05, 0) is 60.0 Å². The molecule has 9 heteroatoms. The van der Waals surface area contributed by atoms with Crippen molar-refractivity contribution < 1.29 is 26.8 Å². The number of nitrogens with one attached hydrogen (secondary N) is 1. The van der Waals surface area contributed by atoms with Crippen LogP contribution < -0.4 is 10.2 Å². The van der Waals surface area contributed by atoms with Crippen molar-refractivity contribution in [1.29, 1.82) is 0 Å². The molecule has 1 aromatic heterocycles. The van der Waals surface area contributed by atoms with E-state index in [1.807, 2.05) is 0 Å². The number of rotatable bonds is 5. The molecule has 3 heterocycles. The molecule has 1 amide bonds. The van der Waals surface area contributed by atoms with Gasteiger partial charge in [0.2, 0.25) is 5.91 Å². The van der Waals surface area contributed by atoms with Crippen molar-refractivity contribution in [3.63, 3.8) is 0 Å². The molecule has 0 spiro atoms. The highest BCUT2D eigenvalue weighted by Gasteiger charge is 2.42. The van der Waals surface area contributed by atoms with E-state index >= 15 is 0 Å². The molecule has 35 heavy (non-hydrogen) atoms. The van der Waals surface area contributed by atoms with Crippen molar-refractivity contribution in [3.8, 4) is 0 Å². The highest BCUT2D eigenvalue weighted by Crippen LogP contribution is 2.40. The lowest BCUT2D eigenvalue weighted by Crippen LogP contribution is -2.60. The Kier molecular flexibility index (Phi) is 6.27. The van der Waals surface area contributed by atoms with E-state index in [0.29, 0.717) is 37.5 Å². The number of hydrogen-bond acceptors (Lipinski definition) is 4. The minimum Gasteiger partial charge on any atom is -0.467 e. The topological polar surface area (TPSA) is 48.7 Å². The summed E-state index contributed by atoms with van der Waals surface area (Å²) in [5.41, 5.74) is 1.53. The second-order valence-corrected chi connectivity index (χ2v) is 9.07. The Labute approximate surface area is 200 Å². The molecule has 5 rings (SSSR count). The third-order valence-corrected chi connectivity index (χ3v) is 6.80. The van der Waals surface area contributed by atoms with Gasteiger partial charge in [0.15, 0.2) is 0 Å². The molecule has 1 saturated heterocycles. The lowest BCUT2D eigenvalue weighted by atomic mass is 9.82. The number of hydrogen-bond donors (Lipinski definition) is 1. The molecule has 2 aromatic carbocycles. The predicted molar refractivity (Wildman–Crippen MR) is 122 cm³/mol. The summed E-state index contributed by atoms with van der Waals surface area (Å²) in [6, 6.07) is 13.4. The molecule has 0 saturated carbocycles. The minimum absolute atomic E-state index is 0.204. The van der Waals surface area contributed by atoms with Crippen LogP contribution in [0.1, 0.15) is 22.5 Å². The van der Waals surface area contributed by atoms with Crippen LogP contribution in [0.15, 0.2) is 65.3 Å². The molecule has 0 bridgehead atoms. The first-order chi connectivity index (χ1) is 16.8. The number of benzene rings is 2. The summed E-state index contributed by atoms with van der Waals surface area (Å²) >= 11 is 0. The zero-order valence-electron chi connectivity index (χ0n) is 18.9. The maximum absolute atomic E-state index is 13.4. The number of nitrogens with zero attached hydrogens (tertiary/aromatic N) is 2. The van der Waals surface area contributed by atoms with E-state index in [1.165, 1.54) is 30.5 Å². The van der Waals surface area contributed by atoms with Gasteiger partial charge >= 0.3 is 6.18 Å². The number of carbonyl (C=O) groups is 1. The van der Waals surface area contributed by atoms with Crippen LogP contribution >= 0.6 is 0 Å². The molecule has 0 unspecified atom stereocenters. The highest BCUT2D eigenvalue weighted by molar-refractivity contribution is 5.82. The molecule has 0 radical (unpaired) electrons. The summed E-state index contributed by atoms with van der Waals surface area (Å²) in [5.74, 6) is -0.443. The summed E-state index contributed by atoms with van der Waals surface area (Å²) in [5, 5.41) is 2.89. The Morgan fingerprint density at radius 2 is 1.89 bits per heavy atom. The Bertz CT molecular complexity index is 1180. The Morgan fingerprint density at radius 1 is 1.09 bits per heavy atom. The average molecular weight is 487 g/mol. The molecular weight excluding hydrogens is 462 g/mol. The van der Waals surface area contributed by atoms with Crippen LogP contribution in [-0.2, 0) is 30.5 Å². The molecule has 0 aliphatic carbocycles. The summed E-state index contributed by atoms with van der Waals surface area (Å²) < 4.78 is 58.7. The Morgan fingerprint density at radius 3 is 2.60 bits per heavy atom. The maximum Gasteiger partial charge on any atom is 0.416 e. The minimum atomic E-state index is -4.45. The molecular formula is C26H25F4N3O2. The molecule has 2 aliphatic heterocycles. The van der Waals surface area contributed by atoms with Crippen LogP contribution in [-0.4, -0.2) is 36.5 Å². The number of anilines is 1. The van der Waals surface area contributed by atoms with Gasteiger partial charge in [0.25, 0.3) is 0 Å². The van der Waals surface area contributed by atoms with Crippen LogP contribution in [0.5, 0.6) is 0 Å². The number of halogens is 4. The van der Waals surface area contributed by atoms with Gasteiger partial charge < -0.3 is 14.6 Å². The number of alkyl halides is 3. The van der Waals surface area contributed by atoms with E-state index in [1.54, 1.807) is 24.3 Å². The Balaban J connectivity index is 1.40. The van der Waals surface area contributed by atoms with E-state index in [2.05, 4.69) is 15.1 Å².